The lowest BCUT2D eigenvalue weighted by Gasteiger charge is -2.39. The first-order valence-corrected chi connectivity index (χ1v) is 19.1. The number of fused-ring (bicyclic) bond motifs is 16. The Morgan fingerprint density at radius 1 is 0.455 bits per heavy atom. The number of benzene rings is 8. The Bertz CT molecular complexity index is 3010. The molecule has 1 aromatic heterocycles. The van der Waals surface area contributed by atoms with Gasteiger partial charge in [0.25, 0.3) is 0 Å². The third kappa shape index (κ3) is 3.89. The molecule has 0 N–H and O–H groups in total. The average Bonchev–Trinajstić information content (AvgIpc) is 3.83. The van der Waals surface area contributed by atoms with Gasteiger partial charge in [0.2, 0.25) is 0 Å². The van der Waals surface area contributed by atoms with E-state index in [2.05, 4.69) is 195 Å². The van der Waals surface area contributed by atoms with Gasteiger partial charge in [-0.2, -0.15) is 0 Å². The third-order valence-corrected chi connectivity index (χ3v) is 12.5. The smallest absolute Gasteiger partial charge is 0.143 e. The SMILES string of the molecule is CC1(C)c2ccccc2-c2ccc(N(c3ccccc3)c3cccc4oc5c6c(ccc5c34)C3(c4ccccc4Oc4ccccc43)c3ccccc3-6)cc21. The molecule has 0 radical (unpaired) electrons. The fourth-order valence-corrected chi connectivity index (χ4v) is 10.2. The van der Waals surface area contributed by atoms with Gasteiger partial charge >= 0.3 is 0 Å². The molecule has 0 fully saturated rings. The molecule has 0 saturated heterocycles. The molecule has 0 amide bonds. The minimum Gasteiger partial charge on any atom is -0.457 e. The van der Waals surface area contributed by atoms with E-state index in [4.69, 9.17) is 9.15 Å². The molecule has 55 heavy (non-hydrogen) atoms. The molecule has 0 atom stereocenters. The highest BCUT2D eigenvalue weighted by Crippen LogP contribution is 2.63. The van der Waals surface area contributed by atoms with Crippen LogP contribution in [0.15, 0.2) is 180 Å². The van der Waals surface area contributed by atoms with Crippen LogP contribution in [-0.4, -0.2) is 0 Å². The van der Waals surface area contributed by atoms with Crippen LogP contribution < -0.4 is 9.64 Å². The van der Waals surface area contributed by atoms with Crippen molar-refractivity contribution in [3.63, 3.8) is 0 Å². The monoisotopic (exact) mass is 705 g/mol. The van der Waals surface area contributed by atoms with Crippen molar-refractivity contribution >= 4 is 39.0 Å². The molecule has 3 nitrogen and oxygen atoms in total. The van der Waals surface area contributed by atoms with Crippen molar-refractivity contribution in [2.45, 2.75) is 24.7 Å². The predicted octanol–water partition coefficient (Wildman–Crippen LogP) is 13.8. The molecule has 0 saturated carbocycles. The molecule has 3 aliphatic rings. The highest BCUT2D eigenvalue weighted by atomic mass is 16.5. The maximum Gasteiger partial charge on any atom is 0.143 e. The predicted molar refractivity (Wildman–Crippen MR) is 223 cm³/mol. The normalized spacial score (nSPS) is 14.8. The van der Waals surface area contributed by atoms with E-state index in [1.807, 2.05) is 0 Å². The van der Waals surface area contributed by atoms with E-state index < -0.39 is 5.41 Å². The fraction of sp³-hybridized carbons (Fsp3) is 0.0769. The first-order chi connectivity index (χ1) is 27.0. The van der Waals surface area contributed by atoms with Gasteiger partial charge in [0.05, 0.1) is 16.5 Å². The quantitative estimate of drug-likeness (QED) is 0.183. The van der Waals surface area contributed by atoms with Gasteiger partial charge in [-0.1, -0.05) is 141 Å². The van der Waals surface area contributed by atoms with Gasteiger partial charge in [0.1, 0.15) is 22.7 Å². The van der Waals surface area contributed by atoms with Crippen molar-refractivity contribution in [2.24, 2.45) is 0 Å². The number of hydrogen-bond donors (Lipinski definition) is 0. The number of para-hydroxylation sites is 3. The molecule has 3 heteroatoms. The second-order valence-corrected chi connectivity index (χ2v) is 15.6. The van der Waals surface area contributed by atoms with Gasteiger partial charge in [-0.05, 0) is 87.5 Å². The van der Waals surface area contributed by atoms with E-state index in [1.165, 1.54) is 38.9 Å². The minimum atomic E-state index is -0.557. The van der Waals surface area contributed by atoms with Crippen LogP contribution in [0.3, 0.4) is 0 Å². The van der Waals surface area contributed by atoms with Gasteiger partial charge < -0.3 is 14.1 Å². The summed E-state index contributed by atoms with van der Waals surface area (Å²) in [6.45, 7) is 4.69. The molecule has 0 bridgehead atoms. The molecule has 2 heterocycles. The van der Waals surface area contributed by atoms with Crippen molar-refractivity contribution in [3.05, 3.63) is 209 Å². The fourth-order valence-electron chi connectivity index (χ4n) is 10.2. The van der Waals surface area contributed by atoms with E-state index in [9.17, 15) is 0 Å². The second kappa shape index (κ2) is 10.9. The molecule has 9 aromatic rings. The van der Waals surface area contributed by atoms with Crippen LogP contribution in [0.5, 0.6) is 11.5 Å². The van der Waals surface area contributed by atoms with Crippen molar-refractivity contribution in [1.82, 2.24) is 0 Å². The molecule has 8 aromatic carbocycles. The van der Waals surface area contributed by atoms with Crippen LogP contribution in [0.1, 0.15) is 47.2 Å². The summed E-state index contributed by atoms with van der Waals surface area (Å²) in [6.07, 6.45) is 0. The third-order valence-electron chi connectivity index (χ3n) is 12.5. The van der Waals surface area contributed by atoms with Crippen molar-refractivity contribution in [2.75, 3.05) is 4.90 Å². The highest BCUT2D eigenvalue weighted by molar-refractivity contribution is 6.18. The van der Waals surface area contributed by atoms with E-state index in [0.717, 1.165) is 67.2 Å². The Morgan fingerprint density at radius 3 is 1.85 bits per heavy atom. The van der Waals surface area contributed by atoms with E-state index in [1.54, 1.807) is 0 Å². The van der Waals surface area contributed by atoms with Crippen molar-refractivity contribution in [3.8, 4) is 33.8 Å². The lowest BCUT2D eigenvalue weighted by molar-refractivity contribution is 0.436. The molecular formula is C52H35NO2. The van der Waals surface area contributed by atoms with Crippen LogP contribution in [0.25, 0.3) is 44.2 Å². The van der Waals surface area contributed by atoms with Crippen LogP contribution in [0.4, 0.5) is 17.1 Å². The standard InChI is InChI=1S/C52H35NO2/c1-51(2)38-19-8-6-17-34(38)35-28-27-33(31-43(35)51)53(32-15-4-3-5-16-32)44-23-14-26-47-49(44)37-29-30-42-48(50(37)55-47)36-18-7-9-20-39(36)52(42)40-21-10-12-24-45(40)54-46-25-13-11-22-41(46)52/h3-31H,1-2H3. The molecule has 2 aliphatic carbocycles. The summed E-state index contributed by atoms with van der Waals surface area (Å²) < 4.78 is 13.7. The first kappa shape index (κ1) is 30.6. The van der Waals surface area contributed by atoms with Gasteiger partial charge in [-0.15, -0.1) is 0 Å². The summed E-state index contributed by atoms with van der Waals surface area (Å²) in [7, 11) is 0. The summed E-state index contributed by atoms with van der Waals surface area (Å²) in [4.78, 5) is 2.41. The Kier molecular flexibility index (Phi) is 6.05. The lowest BCUT2D eigenvalue weighted by Crippen LogP contribution is -2.32. The summed E-state index contributed by atoms with van der Waals surface area (Å²) in [5.41, 5.74) is 16.8. The molecule has 0 unspecified atom stereocenters. The number of hydrogen-bond acceptors (Lipinski definition) is 3. The Balaban J connectivity index is 1.13. The highest BCUT2D eigenvalue weighted by Gasteiger charge is 2.52. The van der Waals surface area contributed by atoms with Gasteiger partial charge in [0, 0.05) is 38.9 Å². The Labute approximate surface area is 319 Å². The van der Waals surface area contributed by atoms with E-state index >= 15 is 0 Å². The average molecular weight is 706 g/mol. The Morgan fingerprint density at radius 2 is 1.09 bits per heavy atom. The summed E-state index contributed by atoms with van der Waals surface area (Å²) in [5, 5.41) is 2.19. The summed E-state index contributed by atoms with van der Waals surface area (Å²) in [6, 6.07) is 63.6. The zero-order valence-electron chi connectivity index (χ0n) is 30.5. The maximum atomic E-state index is 7.12. The topological polar surface area (TPSA) is 25.6 Å². The number of nitrogens with zero attached hydrogens (tertiary/aromatic N) is 1. The molecule has 1 aliphatic heterocycles. The van der Waals surface area contributed by atoms with Crippen LogP contribution in [-0.2, 0) is 10.8 Å². The Hall–Kier alpha value is -6.84. The lowest BCUT2D eigenvalue weighted by atomic mass is 9.66. The van der Waals surface area contributed by atoms with Gasteiger partial charge in [0.15, 0.2) is 0 Å². The summed E-state index contributed by atoms with van der Waals surface area (Å²) >= 11 is 0. The number of furan rings is 1. The van der Waals surface area contributed by atoms with Crippen molar-refractivity contribution < 1.29 is 9.15 Å². The zero-order chi connectivity index (χ0) is 36.5. The van der Waals surface area contributed by atoms with Crippen LogP contribution >= 0.6 is 0 Å². The van der Waals surface area contributed by atoms with E-state index in [-0.39, 0.29) is 5.41 Å². The number of rotatable bonds is 3. The maximum absolute atomic E-state index is 7.12. The second-order valence-electron chi connectivity index (χ2n) is 15.6. The van der Waals surface area contributed by atoms with Gasteiger partial charge in [-0.3, -0.25) is 0 Å². The minimum absolute atomic E-state index is 0.121. The zero-order valence-corrected chi connectivity index (χ0v) is 30.5. The molecule has 12 rings (SSSR count). The molecular weight excluding hydrogens is 671 g/mol. The number of anilines is 3. The van der Waals surface area contributed by atoms with Crippen molar-refractivity contribution in [1.29, 1.82) is 0 Å². The first-order valence-electron chi connectivity index (χ1n) is 19.1. The van der Waals surface area contributed by atoms with Gasteiger partial charge in [-0.25, -0.2) is 0 Å². The molecule has 260 valence electrons. The van der Waals surface area contributed by atoms with Crippen LogP contribution in [0, 0.1) is 0 Å². The van der Waals surface area contributed by atoms with Crippen LogP contribution in [0.2, 0.25) is 0 Å². The van der Waals surface area contributed by atoms with E-state index in [0.29, 0.717) is 0 Å². The number of ether oxygens (including phenoxy) is 1. The summed E-state index contributed by atoms with van der Waals surface area (Å²) in [5.74, 6) is 1.77. The largest absolute Gasteiger partial charge is 0.457 e. The molecule has 1 spiro atoms.